The van der Waals surface area contributed by atoms with Crippen LogP contribution in [0.2, 0.25) is 0 Å². The lowest BCUT2D eigenvalue weighted by molar-refractivity contribution is 0.478. The van der Waals surface area contributed by atoms with Crippen LogP contribution in [-0.2, 0) is 17.3 Å². The first-order valence-corrected chi connectivity index (χ1v) is 7.19. The molecule has 0 saturated heterocycles. The average Bonchev–Trinajstić information content (AvgIpc) is 2.28. The van der Waals surface area contributed by atoms with Crippen molar-refractivity contribution in [2.45, 2.75) is 25.9 Å². The van der Waals surface area contributed by atoms with Gasteiger partial charge in [-0.3, -0.25) is 4.21 Å². The minimum Gasteiger partial charge on any atom is -0.310 e. The maximum atomic E-state index is 13.3. The largest absolute Gasteiger partial charge is 0.310 e. The van der Waals surface area contributed by atoms with Gasteiger partial charge in [0.2, 0.25) is 0 Å². The van der Waals surface area contributed by atoms with Gasteiger partial charge in [0.15, 0.2) is 11.6 Å². The van der Waals surface area contributed by atoms with Crippen molar-refractivity contribution in [2.75, 3.05) is 12.0 Å². The molecule has 0 bridgehead atoms. The maximum Gasteiger partial charge on any atom is 0.163 e. The van der Waals surface area contributed by atoms with Crippen LogP contribution in [0.4, 0.5) is 8.78 Å². The summed E-state index contributed by atoms with van der Waals surface area (Å²) >= 11 is 0. The van der Waals surface area contributed by atoms with Crippen LogP contribution in [0.15, 0.2) is 18.2 Å². The highest BCUT2D eigenvalue weighted by Gasteiger charge is 2.08. The van der Waals surface area contributed by atoms with E-state index in [1.54, 1.807) is 12.3 Å². The van der Waals surface area contributed by atoms with Crippen LogP contribution in [0.5, 0.6) is 0 Å². The maximum absolute atomic E-state index is 13.3. The Morgan fingerprint density at radius 2 is 2.12 bits per heavy atom. The molecule has 2 atom stereocenters. The molecule has 0 aliphatic carbocycles. The van der Waals surface area contributed by atoms with Crippen molar-refractivity contribution >= 4 is 10.8 Å². The third-order valence-corrected chi connectivity index (χ3v) is 3.32. The molecule has 17 heavy (non-hydrogen) atoms. The molecule has 0 aliphatic heterocycles. The summed E-state index contributed by atoms with van der Waals surface area (Å²) in [4.78, 5) is 0. The SMILES string of the molecule is CC(CCS(C)=O)NCc1cccc(F)c1F. The molecule has 0 aliphatic rings. The number of benzene rings is 1. The molecular formula is C12H17F2NOS. The first-order chi connectivity index (χ1) is 8.00. The lowest BCUT2D eigenvalue weighted by Crippen LogP contribution is -2.27. The van der Waals surface area contributed by atoms with Crippen LogP contribution in [0, 0.1) is 11.6 Å². The van der Waals surface area contributed by atoms with Gasteiger partial charge >= 0.3 is 0 Å². The van der Waals surface area contributed by atoms with Crippen molar-refractivity contribution in [3.63, 3.8) is 0 Å². The number of nitrogens with one attached hydrogen (secondary N) is 1. The molecule has 0 saturated carbocycles. The Kier molecular flexibility index (Phi) is 5.71. The van der Waals surface area contributed by atoms with Gasteiger partial charge in [0, 0.05) is 41.0 Å². The van der Waals surface area contributed by atoms with Gasteiger partial charge in [0.1, 0.15) is 0 Å². The van der Waals surface area contributed by atoms with Gasteiger partial charge in [-0.2, -0.15) is 0 Å². The highest BCUT2D eigenvalue weighted by molar-refractivity contribution is 7.84. The molecule has 0 heterocycles. The van der Waals surface area contributed by atoms with E-state index >= 15 is 0 Å². The zero-order chi connectivity index (χ0) is 12.8. The molecule has 5 heteroatoms. The van der Waals surface area contributed by atoms with E-state index in [1.807, 2.05) is 6.92 Å². The normalized spacial score (nSPS) is 14.6. The van der Waals surface area contributed by atoms with Crippen molar-refractivity contribution in [2.24, 2.45) is 0 Å². The fourth-order valence-corrected chi connectivity index (χ4v) is 2.10. The van der Waals surface area contributed by atoms with Crippen LogP contribution in [0.3, 0.4) is 0 Å². The van der Waals surface area contributed by atoms with E-state index in [2.05, 4.69) is 5.32 Å². The Bertz CT molecular complexity index is 398. The molecule has 96 valence electrons. The highest BCUT2D eigenvalue weighted by Crippen LogP contribution is 2.11. The molecule has 2 nitrogen and oxygen atoms in total. The zero-order valence-corrected chi connectivity index (χ0v) is 10.8. The van der Waals surface area contributed by atoms with Gasteiger partial charge < -0.3 is 5.32 Å². The second-order valence-electron chi connectivity index (χ2n) is 4.06. The molecule has 0 radical (unpaired) electrons. The topological polar surface area (TPSA) is 29.1 Å². The third kappa shape index (κ3) is 4.91. The lowest BCUT2D eigenvalue weighted by atomic mass is 10.2. The van der Waals surface area contributed by atoms with E-state index < -0.39 is 22.4 Å². The standard InChI is InChI=1S/C12H17F2NOS/c1-9(6-7-17(2)16)15-8-10-4-3-5-11(13)12(10)14/h3-5,9,15H,6-8H2,1-2H3. The molecule has 2 unspecified atom stereocenters. The van der Waals surface area contributed by atoms with E-state index in [0.29, 0.717) is 11.3 Å². The molecule has 0 spiro atoms. The first kappa shape index (κ1) is 14.3. The fraction of sp³-hybridized carbons (Fsp3) is 0.500. The molecule has 1 N–H and O–H groups in total. The van der Waals surface area contributed by atoms with Crippen molar-refractivity contribution in [3.8, 4) is 0 Å². The van der Waals surface area contributed by atoms with E-state index in [0.717, 1.165) is 12.5 Å². The zero-order valence-electron chi connectivity index (χ0n) is 10.0. The Balaban J connectivity index is 2.44. The Labute approximate surface area is 103 Å². The van der Waals surface area contributed by atoms with Gasteiger partial charge in [0.05, 0.1) is 0 Å². The summed E-state index contributed by atoms with van der Waals surface area (Å²) in [5, 5.41) is 3.08. The Morgan fingerprint density at radius 1 is 1.41 bits per heavy atom. The van der Waals surface area contributed by atoms with Crippen LogP contribution < -0.4 is 5.32 Å². The first-order valence-electron chi connectivity index (χ1n) is 5.47. The summed E-state index contributed by atoms with van der Waals surface area (Å²) in [6.45, 7) is 2.21. The Morgan fingerprint density at radius 3 is 2.76 bits per heavy atom. The van der Waals surface area contributed by atoms with E-state index in [9.17, 15) is 13.0 Å². The summed E-state index contributed by atoms with van der Waals surface area (Å²) in [6, 6.07) is 4.27. The van der Waals surface area contributed by atoms with E-state index in [4.69, 9.17) is 0 Å². The molecule has 0 aromatic heterocycles. The number of hydrogen-bond donors (Lipinski definition) is 1. The predicted molar refractivity (Wildman–Crippen MR) is 66.2 cm³/mol. The average molecular weight is 261 g/mol. The van der Waals surface area contributed by atoms with Crippen molar-refractivity contribution in [1.82, 2.24) is 5.32 Å². The summed E-state index contributed by atoms with van der Waals surface area (Å²) in [7, 11) is -0.816. The van der Waals surface area contributed by atoms with Crippen molar-refractivity contribution in [3.05, 3.63) is 35.4 Å². The van der Waals surface area contributed by atoms with Crippen molar-refractivity contribution in [1.29, 1.82) is 0 Å². The quantitative estimate of drug-likeness (QED) is 0.850. The van der Waals surface area contributed by atoms with Gasteiger partial charge in [0.25, 0.3) is 0 Å². The second kappa shape index (κ2) is 6.81. The monoisotopic (exact) mass is 261 g/mol. The van der Waals surface area contributed by atoms with Gasteiger partial charge in [-0.1, -0.05) is 12.1 Å². The minimum atomic E-state index is -0.827. The molecular weight excluding hydrogens is 244 g/mol. The number of halogens is 2. The molecule has 0 fully saturated rings. The molecule has 1 aromatic rings. The van der Waals surface area contributed by atoms with Crippen LogP contribution in [0.1, 0.15) is 18.9 Å². The highest BCUT2D eigenvalue weighted by atomic mass is 32.2. The molecule has 1 rings (SSSR count). The summed E-state index contributed by atoms with van der Waals surface area (Å²) in [5.41, 5.74) is 0.314. The van der Waals surface area contributed by atoms with E-state index in [1.165, 1.54) is 6.07 Å². The van der Waals surface area contributed by atoms with Crippen LogP contribution in [-0.4, -0.2) is 22.3 Å². The van der Waals surface area contributed by atoms with Crippen molar-refractivity contribution < 1.29 is 13.0 Å². The second-order valence-corrected chi connectivity index (χ2v) is 5.62. The smallest absolute Gasteiger partial charge is 0.163 e. The molecule has 0 amide bonds. The van der Waals surface area contributed by atoms with Gasteiger partial charge in [-0.15, -0.1) is 0 Å². The predicted octanol–water partition coefficient (Wildman–Crippen LogP) is 2.21. The number of hydrogen-bond acceptors (Lipinski definition) is 2. The van der Waals surface area contributed by atoms with Gasteiger partial charge in [-0.05, 0) is 19.4 Å². The molecule has 1 aromatic carbocycles. The summed E-state index contributed by atoms with van der Waals surface area (Å²) in [5.74, 6) is -1.02. The summed E-state index contributed by atoms with van der Waals surface area (Å²) in [6.07, 6.45) is 2.40. The van der Waals surface area contributed by atoms with E-state index in [-0.39, 0.29) is 12.6 Å². The fourth-order valence-electron chi connectivity index (χ4n) is 1.41. The number of rotatable bonds is 6. The van der Waals surface area contributed by atoms with Gasteiger partial charge in [-0.25, -0.2) is 8.78 Å². The van der Waals surface area contributed by atoms with Crippen LogP contribution in [0.25, 0.3) is 0 Å². The third-order valence-electron chi connectivity index (χ3n) is 2.51. The summed E-state index contributed by atoms with van der Waals surface area (Å²) < 4.78 is 37.1. The minimum absolute atomic E-state index is 0.126. The van der Waals surface area contributed by atoms with Crippen LogP contribution >= 0.6 is 0 Å². The lowest BCUT2D eigenvalue weighted by Gasteiger charge is -2.13. The Hall–Kier alpha value is -0.810.